The maximum Gasteiger partial charge on any atom is 0.227 e. The minimum Gasteiger partial charge on any atom is -0.393 e. The van der Waals surface area contributed by atoms with Crippen LogP contribution in [0.15, 0.2) is 30.3 Å². The van der Waals surface area contributed by atoms with Crippen molar-refractivity contribution in [1.29, 1.82) is 0 Å². The first-order valence-corrected chi connectivity index (χ1v) is 8.08. The summed E-state index contributed by atoms with van der Waals surface area (Å²) in [5.74, 6) is 0.717. The summed E-state index contributed by atoms with van der Waals surface area (Å²) in [6.45, 7) is 4.40. The Balaban J connectivity index is 2.05. The molecule has 2 atom stereocenters. The van der Waals surface area contributed by atoms with Crippen LogP contribution in [0.5, 0.6) is 0 Å². The van der Waals surface area contributed by atoms with E-state index >= 15 is 0 Å². The molecule has 1 amide bonds. The number of aliphatic hydroxyl groups excluding tert-OH is 1. The molecule has 2 N–H and O–H groups in total. The number of halogens is 1. The highest BCUT2D eigenvalue weighted by molar-refractivity contribution is 6.30. The zero-order chi connectivity index (χ0) is 16.6. The lowest BCUT2D eigenvalue weighted by Crippen LogP contribution is -2.29. The number of anilines is 1. The molecule has 0 bridgehead atoms. The van der Waals surface area contributed by atoms with Crippen molar-refractivity contribution in [2.75, 3.05) is 5.32 Å². The molecule has 1 aliphatic rings. The van der Waals surface area contributed by atoms with E-state index in [9.17, 15) is 9.90 Å². The maximum atomic E-state index is 11.6. The quantitative estimate of drug-likeness (QED) is 0.904. The molecule has 2 unspecified atom stereocenters. The Bertz CT molecular complexity index is 724. The number of aromatic nitrogens is 2. The lowest BCUT2D eigenvalue weighted by atomic mass is 9.75. The molecule has 0 aliphatic carbocycles. The first kappa shape index (κ1) is 16.0. The van der Waals surface area contributed by atoms with E-state index in [0.29, 0.717) is 30.2 Å². The fourth-order valence-electron chi connectivity index (χ4n) is 3.15. The Morgan fingerprint density at radius 3 is 2.78 bits per heavy atom. The van der Waals surface area contributed by atoms with Gasteiger partial charge in [-0.05, 0) is 38.0 Å². The van der Waals surface area contributed by atoms with Gasteiger partial charge in [0.1, 0.15) is 5.82 Å². The van der Waals surface area contributed by atoms with Crippen molar-refractivity contribution in [2.45, 2.75) is 44.8 Å². The van der Waals surface area contributed by atoms with E-state index in [1.165, 1.54) is 0 Å². The van der Waals surface area contributed by atoms with E-state index in [0.717, 1.165) is 11.3 Å². The molecule has 0 radical (unpaired) electrons. The highest BCUT2D eigenvalue weighted by Gasteiger charge is 2.34. The molecular weight excluding hydrogens is 314 g/mol. The third-order valence-corrected chi connectivity index (χ3v) is 4.60. The Morgan fingerprint density at radius 1 is 1.43 bits per heavy atom. The van der Waals surface area contributed by atoms with Crippen molar-refractivity contribution < 1.29 is 9.90 Å². The molecule has 0 fully saturated rings. The summed E-state index contributed by atoms with van der Waals surface area (Å²) in [7, 11) is 0. The van der Waals surface area contributed by atoms with Crippen LogP contribution in [0.4, 0.5) is 5.82 Å². The van der Waals surface area contributed by atoms with Gasteiger partial charge in [-0.15, -0.1) is 0 Å². The Labute approximate surface area is 140 Å². The number of benzene rings is 1. The van der Waals surface area contributed by atoms with Crippen LogP contribution in [0.2, 0.25) is 5.02 Å². The molecule has 0 saturated heterocycles. The first-order chi connectivity index (χ1) is 10.9. The lowest BCUT2D eigenvalue weighted by Gasteiger charge is -2.30. The molecule has 1 aromatic carbocycles. The van der Waals surface area contributed by atoms with Gasteiger partial charge in [0.25, 0.3) is 0 Å². The van der Waals surface area contributed by atoms with E-state index in [4.69, 9.17) is 11.6 Å². The van der Waals surface area contributed by atoms with Gasteiger partial charge >= 0.3 is 0 Å². The summed E-state index contributed by atoms with van der Waals surface area (Å²) < 4.78 is 1.81. The van der Waals surface area contributed by atoms with Gasteiger partial charge in [-0.25, -0.2) is 4.68 Å². The van der Waals surface area contributed by atoms with Gasteiger partial charge in [0.05, 0.1) is 18.3 Å². The number of aliphatic hydroxyl groups is 1. The average Bonchev–Trinajstić information content (AvgIpc) is 2.90. The van der Waals surface area contributed by atoms with Gasteiger partial charge in [-0.2, -0.15) is 5.10 Å². The van der Waals surface area contributed by atoms with Crippen LogP contribution in [-0.2, 0) is 16.8 Å². The maximum absolute atomic E-state index is 11.6. The highest BCUT2D eigenvalue weighted by Crippen LogP contribution is 2.37. The number of hydrogen-bond donors (Lipinski definition) is 2. The molecule has 1 aromatic heterocycles. The van der Waals surface area contributed by atoms with Crippen LogP contribution in [0.3, 0.4) is 0 Å². The normalized spacial score (nSPS) is 18.0. The molecule has 2 heterocycles. The van der Waals surface area contributed by atoms with E-state index in [2.05, 4.69) is 17.3 Å². The predicted molar refractivity (Wildman–Crippen MR) is 89.7 cm³/mol. The van der Waals surface area contributed by atoms with Crippen molar-refractivity contribution >= 4 is 23.3 Å². The summed E-state index contributed by atoms with van der Waals surface area (Å²) in [5.41, 5.74) is 1.40. The number of nitrogens with one attached hydrogen (secondary N) is 1. The number of amides is 1. The largest absolute Gasteiger partial charge is 0.393 e. The Hall–Kier alpha value is -1.85. The molecule has 0 saturated carbocycles. The molecule has 1 aliphatic heterocycles. The van der Waals surface area contributed by atoms with Crippen LogP contribution in [0.25, 0.3) is 0 Å². The summed E-state index contributed by atoms with van der Waals surface area (Å²) >= 11 is 6.00. The first-order valence-electron chi connectivity index (χ1n) is 7.71. The number of hydrogen-bond acceptors (Lipinski definition) is 3. The zero-order valence-electron chi connectivity index (χ0n) is 13.2. The highest BCUT2D eigenvalue weighted by atomic mass is 35.5. The van der Waals surface area contributed by atoms with Crippen LogP contribution in [0.1, 0.15) is 37.9 Å². The number of aryl methyl sites for hydroxylation is 1. The van der Waals surface area contributed by atoms with Crippen LogP contribution < -0.4 is 5.32 Å². The summed E-state index contributed by atoms with van der Waals surface area (Å²) in [6, 6.07) is 9.50. The van der Waals surface area contributed by atoms with Crippen molar-refractivity contribution in [3.05, 3.63) is 46.6 Å². The molecule has 2 aromatic rings. The van der Waals surface area contributed by atoms with Gasteiger partial charge in [0.2, 0.25) is 5.91 Å². The molecule has 6 heteroatoms. The lowest BCUT2D eigenvalue weighted by molar-refractivity contribution is -0.116. The molecule has 3 rings (SSSR count). The molecular formula is C17H20ClN3O2. The smallest absolute Gasteiger partial charge is 0.227 e. The monoisotopic (exact) mass is 333 g/mol. The fraction of sp³-hybridized carbons (Fsp3) is 0.412. The van der Waals surface area contributed by atoms with Crippen molar-refractivity contribution in [3.8, 4) is 0 Å². The predicted octanol–water partition coefficient (Wildman–Crippen LogP) is 2.96. The van der Waals surface area contributed by atoms with E-state index in [-0.39, 0.29) is 5.91 Å². The van der Waals surface area contributed by atoms with E-state index in [1.807, 2.05) is 35.0 Å². The SMILES string of the molecule is CC(O)CC(C)(c1ccc(Cl)cc1)c1cc2n(n1)CCC(=O)N2. The summed E-state index contributed by atoms with van der Waals surface area (Å²) in [4.78, 5) is 11.6. The van der Waals surface area contributed by atoms with Crippen molar-refractivity contribution in [3.63, 3.8) is 0 Å². The van der Waals surface area contributed by atoms with Crippen LogP contribution in [-0.4, -0.2) is 26.9 Å². The zero-order valence-corrected chi connectivity index (χ0v) is 14.0. The van der Waals surface area contributed by atoms with E-state index < -0.39 is 11.5 Å². The van der Waals surface area contributed by atoms with Gasteiger partial charge in [0.15, 0.2) is 0 Å². The Morgan fingerprint density at radius 2 is 2.13 bits per heavy atom. The van der Waals surface area contributed by atoms with E-state index in [1.54, 1.807) is 6.92 Å². The minimum absolute atomic E-state index is 0.00710. The second kappa shape index (κ2) is 5.98. The van der Waals surface area contributed by atoms with Gasteiger partial charge < -0.3 is 10.4 Å². The van der Waals surface area contributed by atoms with Crippen LogP contribution in [0, 0.1) is 0 Å². The second-order valence-corrected chi connectivity index (χ2v) is 6.76. The number of carbonyl (C=O) groups excluding carboxylic acids is 1. The molecule has 5 nitrogen and oxygen atoms in total. The average molecular weight is 334 g/mol. The third kappa shape index (κ3) is 3.12. The standard InChI is InChI=1S/C17H20ClN3O2/c1-11(22)10-17(2,12-3-5-13(18)6-4-12)14-9-15-19-16(23)7-8-21(15)20-14/h3-6,9,11,22H,7-8,10H2,1-2H3,(H,19,23). The number of rotatable bonds is 4. The van der Waals surface area contributed by atoms with Gasteiger partial charge in [0, 0.05) is 22.9 Å². The second-order valence-electron chi connectivity index (χ2n) is 6.33. The Kier molecular flexibility index (Phi) is 4.17. The van der Waals surface area contributed by atoms with Crippen molar-refractivity contribution in [2.24, 2.45) is 0 Å². The number of carbonyl (C=O) groups is 1. The third-order valence-electron chi connectivity index (χ3n) is 4.35. The van der Waals surface area contributed by atoms with Gasteiger partial charge in [-0.1, -0.05) is 23.7 Å². The molecule has 23 heavy (non-hydrogen) atoms. The summed E-state index contributed by atoms with van der Waals surface area (Å²) in [6.07, 6.45) is 0.477. The van der Waals surface area contributed by atoms with Crippen LogP contribution >= 0.6 is 11.6 Å². The molecule has 122 valence electrons. The topological polar surface area (TPSA) is 67.1 Å². The minimum atomic E-state index is -0.482. The fourth-order valence-corrected chi connectivity index (χ4v) is 3.28. The number of nitrogens with zero attached hydrogens (tertiary/aromatic N) is 2. The van der Waals surface area contributed by atoms with Crippen molar-refractivity contribution in [1.82, 2.24) is 9.78 Å². The number of fused-ring (bicyclic) bond motifs is 1. The summed E-state index contributed by atoms with van der Waals surface area (Å²) in [5, 5.41) is 18.2. The van der Waals surface area contributed by atoms with Gasteiger partial charge in [-0.3, -0.25) is 4.79 Å². The molecule has 0 spiro atoms.